The van der Waals surface area contributed by atoms with Crippen LogP contribution in [0.1, 0.15) is 46.0 Å². The fourth-order valence-electron chi connectivity index (χ4n) is 2.62. The molecule has 4 nitrogen and oxygen atoms in total. The van der Waals surface area contributed by atoms with Crippen LogP contribution in [0.4, 0.5) is 0 Å². The van der Waals surface area contributed by atoms with Crippen molar-refractivity contribution in [1.29, 1.82) is 0 Å². The van der Waals surface area contributed by atoms with Crippen LogP contribution in [0.25, 0.3) is 0 Å². The molecule has 0 bridgehead atoms. The van der Waals surface area contributed by atoms with E-state index in [1.807, 2.05) is 0 Å². The van der Waals surface area contributed by atoms with Crippen LogP contribution in [-0.4, -0.2) is 43.8 Å². The van der Waals surface area contributed by atoms with E-state index in [2.05, 4.69) is 13.8 Å². The topological polar surface area (TPSA) is 54.5 Å². The molecule has 0 saturated carbocycles. The minimum Gasteiger partial charge on any atom is -0.341 e. The molecule has 0 aromatic heterocycles. The molecule has 1 saturated heterocycles. The lowest BCUT2D eigenvalue weighted by molar-refractivity contribution is -0.134. The van der Waals surface area contributed by atoms with Crippen molar-refractivity contribution in [3.05, 3.63) is 0 Å². The molecule has 1 atom stereocenters. The van der Waals surface area contributed by atoms with E-state index in [-0.39, 0.29) is 17.1 Å². The van der Waals surface area contributed by atoms with Crippen molar-refractivity contribution >= 4 is 15.7 Å². The van der Waals surface area contributed by atoms with Gasteiger partial charge in [0.2, 0.25) is 5.91 Å². The second-order valence-electron chi connectivity index (χ2n) is 5.30. The van der Waals surface area contributed by atoms with E-state index in [4.69, 9.17) is 0 Å². The molecule has 106 valence electrons. The fourth-order valence-corrected chi connectivity index (χ4v) is 3.61. The molecular weight excluding hydrogens is 250 g/mol. The van der Waals surface area contributed by atoms with Crippen LogP contribution in [0.3, 0.4) is 0 Å². The SMILES string of the molecule is CCCC(CCC)C(=O)N1CCC(S(C)(=O)=O)C1. The van der Waals surface area contributed by atoms with Gasteiger partial charge in [0.05, 0.1) is 5.25 Å². The first kappa shape index (κ1) is 15.5. The van der Waals surface area contributed by atoms with E-state index >= 15 is 0 Å². The summed E-state index contributed by atoms with van der Waals surface area (Å²) in [6, 6.07) is 0. The van der Waals surface area contributed by atoms with E-state index < -0.39 is 9.84 Å². The largest absolute Gasteiger partial charge is 0.341 e. The van der Waals surface area contributed by atoms with Crippen LogP contribution in [-0.2, 0) is 14.6 Å². The van der Waals surface area contributed by atoms with E-state index in [0.29, 0.717) is 19.5 Å². The number of hydrogen-bond donors (Lipinski definition) is 0. The maximum atomic E-state index is 12.3. The van der Waals surface area contributed by atoms with Crippen LogP contribution >= 0.6 is 0 Å². The van der Waals surface area contributed by atoms with Gasteiger partial charge in [-0.1, -0.05) is 26.7 Å². The molecule has 0 aliphatic carbocycles. The number of hydrogen-bond acceptors (Lipinski definition) is 3. The first-order valence-corrected chi connectivity index (χ1v) is 8.83. The molecule has 5 heteroatoms. The van der Waals surface area contributed by atoms with Gasteiger partial charge in [-0.05, 0) is 19.3 Å². The summed E-state index contributed by atoms with van der Waals surface area (Å²) in [5.41, 5.74) is 0. The van der Waals surface area contributed by atoms with Crippen LogP contribution in [0, 0.1) is 5.92 Å². The Bertz CT molecular complexity index is 372. The molecule has 0 aromatic carbocycles. The van der Waals surface area contributed by atoms with E-state index in [1.54, 1.807) is 4.90 Å². The fraction of sp³-hybridized carbons (Fsp3) is 0.923. The average Bonchev–Trinajstić information content (AvgIpc) is 2.76. The highest BCUT2D eigenvalue weighted by molar-refractivity contribution is 7.91. The number of sulfone groups is 1. The smallest absolute Gasteiger partial charge is 0.225 e. The summed E-state index contributed by atoms with van der Waals surface area (Å²) < 4.78 is 23.0. The molecule has 0 N–H and O–H groups in total. The van der Waals surface area contributed by atoms with E-state index in [0.717, 1.165) is 25.7 Å². The molecule has 1 fully saturated rings. The number of carbonyl (C=O) groups is 1. The Balaban J connectivity index is 2.62. The number of rotatable bonds is 6. The third-order valence-corrected chi connectivity index (χ3v) is 5.28. The Morgan fingerprint density at radius 1 is 1.28 bits per heavy atom. The van der Waals surface area contributed by atoms with Gasteiger partial charge in [-0.3, -0.25) is 4.79 Å². The quantitative estimate of drug-likeness (QED) is 0.743. The summed E-state index contributed by atoms with van der Waals surface area (Å²) in [5.74, 6) is 0.239. The van der Waals surface area contributed by atoms with Gasteiger partial charge in [0.15, 0.2) is 9.84 Å². The molecule has 1 heterocycles. The zero-order valence-corrected chi connectivity index (χ0v) is 12.5. The van der Waals surface area contributed by atoms with Crippen molar-refractivity contribution in [1.82, 2.24) is 4.90 Å². The third kappa shape index (κ3) is 3.97. The normalized spacial score (nSPS) is 20.7. The predicted octanol–water partition coefficient (Wildman–Crippen LogP) is 1.85. The number of amides is 1. The molecule has 1 rings (SSSR count). The van der Waals surface area contributed by atoms with Crippen LogP contribution in [0.15, 0.2) is 0 Å². The highest BCUT2D eigenvalue weighted by Gasteiger charge is 2.34. The van der Waals surface area contributed by atoms with Crippen molar-refractivity contribution in [2.45, 2.75) is 51.2 Å². The van der Waals surface area contributed by atoms with E-state index in [9.17, 15) is 13.2 Å². The molecule has 0 spiro atoms. The van der Waals surface area contributed by atoms with Gasteiger partial charge in [-0.15, -0.1) is 0 Å². The molecule has 1 amide bonds. The zero-order valence-electron chi connectivity index (χ0n) is 11.7. The minimum absolute atomic E-state index is 0.0818. The molecule has 1 unspecified atom stereocenters. The monoisotopic (exact) mass is 275 g/mol. The van der Waals surface area contributed by atoms with Crippen LogP contribution in [0.2, 0.25) is 0 Å². The molecule has 1 aliphatic rings. The number of carbonyl (C=O) groups excluding carboxylic acids is 1. The first-order valence-electron chi connectivity index (χ1n) is 6.87. The molecule has 0 radical (unpaired) electrons. The van der Waals surface area contributed by atoms with Crippen molar-refractivity contribution < 1.29 is 13.2 Å². The Hall–Kier alpha value is -0.580. The lowest BCUT2D eigenvalue weighted by Crippen LogP contribution is -2.36. The van der Waals surface area contributed by atoms with E-state index in [1.165, 1.54) is 6.26 Å². The average molecular weight is 275 g/mol. The Morgan fingerprint density at radius 2 is 1.83 bits per heavy atom. The van der Waals surface area contributed by atoms with Crippen molar-refractivity contribution in [3.63, 3.8) is 0 Å². The highest BCUT2D eigenvalue weighted by Crippen LogP contribution is 2.22. The summed E-state index contributed by atoms with van der Waals surface area (Å²) in [6.45, 7) is 5.15. The van der Waals surface area contributed by atoms with Gasteiger partial charge in [0.1, 0.15) is 0 Å². The molecule has 18 heavy (non-hydrogen) atoms. The summed E-state index contributed by atoms with van der Waals surface area (Å²) in [4.78, 5) is 14.1. The van der Waals surface area contributed by atoms with Gasteiger partial charge in [-0.2, -0.15) is 0 Å². The van der Waals surface area contributed by atoms with Crippen LogP contribution < -0.4 is 0 Å². The van der Waals surface area contributed by atoms with Gasteiger partial charge in [0.25, 0.3) is 0 Å². The molecule has 1 aliphatic heterocycles. The summed E-state index contributed by atoms with van der Waals surface area (Å²) in [7, 11) is -3.01. The second-order valence-corrected chi connectivity index (χ2v) is 7.62. The summed E-state index contributed by atoms with van der Waals surface area (Å²) >= 11 is 0. The van der Waals surface area contributed by atoms with Gasteiger partial charge < -0.3 is 4.90 Å². The van der Waals surface area contributed by atoms with Gasteiger partial charge in [0, 0.05) is 25.3 Å². The number of likely N-dealkylation sites (tertiary alicyclic amines) is 1. The molecule has 0 aromatic rings. The predicted molar refractivity (Wildman–Crippen MR) is 73.1 cm³/mol. The standard InChI is InChI=1S/C13H25NO3S/c1-4-6-11(7-5-2)13(15)14-9-8-12(10-14)18(3,16)17/h11-12H,4-10H2,1-3H3. The summed E-state index contributed by atoms with van der Waals surface area (Å²) in [6.07, 6.45) is 5.68. The van der Waals surface area contributed by atoms with Crippen molar-refractivity contribution in [2.75, 3.05) is 19.3 Å². The van der Waals surface area contributed by atoms with Gasteiger partial charge >= 0.3 is 0 Å². The van der Waals surface area contributed by atoms with Crippen molar-refractivity contribution in [2.24, 2.45) is 5.92 Å². The van der Waals surface area contributed by atoms with Crippen molar-refractivity contribution in [3.8, 4) is 0 Å². The zero-order chi connectivity index (χ0) is 13.8. The highest BCUT2D eigenvalue weighted by atomic mass is 32.2. The Labute approximate surface area is 111 Å². The maximum Gasteiger partial charge on any atom is 0.225 e. The minimum atomic E-state index is -3.01. The van der Waals surface area contributed by atoms with Crippen LogP contribution in [0.5, 0.6) is 0 Å². The molecular formula is C13H25NO3S. The van der Waals surface area contributed by atoms with Gasteiger partial charge in [-0.25, -0.2) is 8.42 Å². The summed E-state index contributed by atoms with van der Waals surface area (Å²) in [5, 5.41) is -0.356. The Morgan fingerprint density at radius 3 is 2.22 bits per heavy atom. The Kier molecular flexibility index (Phi) is 5.63. The second kappa shape index (κ2) is 6.55. The maximum absolute atomic E-state index is 12.3. The first-order chi connectivity index (χ1) is 8.40. The lowest BCUT2D eigenvalue weighted by Gasteiger charge is -2.23. The third-order valence-electron chi connectivity index (χ3n) is 3.69. The number of nitrogens with zero attached hydrogens (tertiary/aromatic N) is 1. The lowest BCUT2D eigenvalue weighted by atomic mass is 9.97.